The van der Waals surface area contributed by atoms with Crippen molar-refractivity contribution >= 4 is 22.5 Å². The third kappa shape index (κ3) is 3.75. The monoisotopic (exact) mass is 366 g/mol. The molecule has 0 bridgehead atoms. The molecule has 0 N–H and O–H groups in total. The molecule has 4 rings (SSSR count). The molecule has 1 aromatic carbocycles. The van der Waals surface area contributed by atoms with Gasteiger partial charge >= 0.3 is 0 Å². The van der Waals surface area contributed by atoms with Gasteiger partial charge in [-0.1, -0.05) is 12.2 Å². The fraction of sp³-hybridized carbons (Fsp3) is 0.476. The largest absolute Gasteiger partial charge is 0.474 e. The van der Waals surface area contributed by atoms with Crippen molar-refractivity contribution in [3.8, 4) is 5.88 Å². The van der Waals surface area contributed by atoms with Gasteiger partial charge in [-0.05, 0) is 44.9 Å². The van der Waals surface area contributed by atoms with Crippen molar-refractivity contribution in [3.63, 3.8) is 0 Å². The minimum atomic E-state index is 0.0615. The van der Waals surface area contributed by atoms with Crippen LogP contribution in [-0.4, -0.2) is 53.1 Å². The van der Waals surface area contributed by atoms with Gasteiger partial charge in [0.1, 0.15) is 6.33 Å². The molecule has 2 aliphatic rings. The maximum absolute atomic E-state index is 12.6. The Hall–Kier alpha value is -2.63. The van der Waals surface area contributed by atoms with E-state index in [1.54, 1.807) is 6.33 Å². The van der Waals surface area contributed by atoms with E-state index in [0.29, 0.717) is 11.8 Å². The second kappa shape index (κ2) is 7.55. The zero-order valence-corrected chi connectivity index (χ0v) is 16.0. The van der Waals surface area contributed by atoms with Crippen LogP contribution in [0.4, 0.5) is 5.69 Å². The Bertz CT molecular complexity index is 848. The number of nitrogens with zero attached hydrogens (tertiary/aromatic N) is 4. The van der Waals surface area contributed by atoms with E-state index >= 15 is 0 Å². The second-order valence-corrected chi connectivity index (χ2v) is 7.50. The lowest BCUT2D eigenvalue weighted by Gasteiger charge is -2.37. The Labute approximate surface area is 159 Å². The Kier molecular flexibility index (Phi) is 4.97. The lowest BCUT2D eigenvalue weighted by atomic mass is 10.1. The van der Waals surface area contributed by atoms with Gasteiger partial charge in [-0.15, -0.1) is 0 Å². The highest BCUT2D eigenvalue weighted by atomic mass is 16.5. The molecule has 1 fully saturated rings. The summed E-state index contributed by atoms with van der Waals surface area (Å²) in [6.07, 6.45) is 7.62. The molecule has 6 nitrogen and oxygen atoms in total. The van der Waals surface area contributed by atoms with Gasteiger partial charge in [0.25, 0.3) is 0 Å². The van der Waals surface area contributed by atoms with E-state index in [2.05, 4.69) is 39.2 Å². The molecule has 0 spiro atoms. The number of anilines is 1. The van der Waals surface area contributed by atoms with Crippen molar-refractivity contribution in [2.75, 3.05) is 31.1 Å². The predicted molar refractivity (Wildman–Crippen MR) is 106 cm³/mol. The first-order chi connectivity index (χ1) is 13.1. The molecule has 0 unspecified atom stereocenters. The van der Waals surface area contributed by atoms with E-state index in [4.69, 9.17) is 4.74 Å². The Balaban J connectivity index is 1.48. The van der Waals surface area contributed by atoms with E-state index in [0.717, 1.165) is 55.6 Å². The van der Waals surface area contributed by atoms with E-state index in [1.165, 1.54) is 0 Å². The molecule has 1 aromatic heterocycles. The first-order valence-corrected chi connectivity index (χ1v) is 9.72. The molecule has 0 atom stereocenters. The molecule has 2 aromatic rings. The summed E-state index contributed by atoms with van der Waals surface area (Å²) in [5, 5.41) is 0.930. The highest BCUT2D eigenvalue weighted by molar-refractivity contribution is 5.87. The number of piperazine rings is 1. The molecule has 0 saturated carbocycles. The van der Waals surface area contributed by atoms with Gasteiger partial charge in [-0.3, -0.25) is 4.79 Å². The van der Waals surface area contributed by atoms with Gasteiger partial charge in [0.2, 0.25) is 11.8 Å². The van der Waals surface area contributed by atoms with Gasteiger partial charge in [0.15, 0.2) is 0 Å². The molecule has 6 heteroatoms. The van der Waals surface area contributed by atoms with Crippen LogP contribution in [0.2, 0.25) is 0 Å². The Morgan fingerprint density at radius 1 is 1.11 bits per heavy atom. The fourth-order valence-electron chi connectivity index (χ4n) is 3.80. The molecule has 142 valence electrons. The SMILES string of the molecule is CC(C)Oc1ncnc2ccc(N3CCN(C(=O)C4CC=CC4)CC3)cc12. The zero-order chi connectivity index (χ0) is 18.8. The van der Waals surface area contributed by atoms with E-state index in [9.17, 15) is 4.79 Å². The summed E-state index contributed by atoms with van der Waals surface area (Å²) in [5.41, 5.74) is 2.01. The smallest absolute Gasteiger partial charge is 0.226 e. The first kappa shape index (κ1) is 17.8. The maximum Gasteiger partial charge on any atom is 0.226 e. The van der Waals surface area contributed by atoms with Gasteiger partial charge in [-0.2, -0.15) is 0 Å². The van der Waals surface area contributed by atoms with Crippen molar-refractivity contribution in [1.29, 1.82) is 0 Å². The average Bonchev–Trinajstić information content (AvgIpc) is 3.22. The minimum Gasteiger partial charge on any atom is -0.474 e. The summed E-state index contributed by atoms with van der Waals surface area (Å²) in [7, 11) is 0. The number of hydrogen-bond acceptors (Lipinski definition) is 5. The molecule has 0 radical (unpaired) electrons. The van der Waals surface area contributed by atoms with Crippen molar-refractivity contribution in [2.24, 2.45) is 5.92 Å². The van der Waals surface area contributed by atoms with Gasteiger partial charge in [0.05, 0.1) is 17.0 Å². The number of hydrogen-bond donors (Lipinski definition) is 0. The normalized spacial score (nSPS) is 17.9. The summed E-state index contributed by atoms with van der Waals surface area (Å²) in [6.45, 7) is 7.21. The van der Waals surface area contributed by atoms with Crippen LogP contribution in [0.3, 0.4) is 0 Å². The Morgan fingerprint density at radius 2 is 1.85 bits per heavy atom. The molecule has 27 heavy (non-hydrogen) atoms. The number of ether oxygens (including phenoxy) is 1. The number of rotatable bonds is 4. The lowest BCUT2D eigenvalue weighted by Crippen LogP contribution is -2.50. The number of carbonyl (C=O) groups excluding carboxylic acids is 1. The van der Waals surface area contributed by atoms with Crippen LogP contribution in [0.25, 0.3) is 10.9 Å². The van der Waals surface area contributed by atoms with Crippen LogP contribution in [0.5, 0.6) is 5.88 Å². The quantitative estimate of drug-likeness (QED) is 0.779. The van der Waals surface area contributed by atoms with Gasteiger partial charge < -0.3 is 14.5 Å². The lowest BCUT2D eigenvalue weighted by molar-refractivity contribution is -0.135. The summed E-state index contributed by atoms with van der Waals surface area (Å²) in [4.78, 5) is 25.6. The number of allylic oxidation sites excluding steroid dienone is 2. The van der Waals surface area contributed by atoms with Crippen LogP contribution in [0.15, 0.2) is 36.7 Å². The highest BCUT2D eigenvalue weighted by Gasteiger charge is 2.27. The molecule has 1 amide bonds. The summed E-state index contributed by atoms with van der Waals surface area (Å²) >= 11 is 0. The van der Waals surface area contributed by atoms with Crippen LogP contribution < -0.4 is 9.64 Å². The molecule has 1 aliphatic heterocycles. The third-order valence-electron chi connectivity index (χ3n) is 5.24. The van der Waals surface area contributed by atoms with Crippen LogP contribution in [-0.2, 0) is 4.79 Å². The van der Waals surface area contributed by atoms with E-state index in [-0.39, 0.29) is 12.0 Å². The molecule has 1 aliphatic carbocycles. The van der Waals surface area contributed by atoms with Crippen LogP contribution in [0, 0.1) is 5.92 Å². The van der Waals surface area contributed by atoms with E-state index in [1.807, 2.05) is 24.8 Å². The maximum atomic E-state index is 12.6. The number of aromatic nitrogens is 2. The van der Waals surface area contributed by atoms with Crippen molar-refractivity contribution in [3.05, 3.63) is 36.7 Å². The summed E-state index contributed by atoms with van der Waals surface area (Å²) < 4.78 is 5.85. The highest BCUT2D eigenvalue weighted by Crippen LogP contribution is 2.28. The predicted octanol–water partition coefficient (Wildman–Crippen LogP) is 3.03. The van der Waals surface area contributed by atoms with Crippen molar-refractivity contribution < 1.29 is 9.53 Å². The topological polar surface area (TPSA) is 58.6 Å². The zero-order valence-electron chi connectivity index (χ0n) is 16.0. The Morgan fingerprint density at radius 3 is 2.56 bits per heavy atom. The first-order valence-electron chi connectivity index (χ1n) is 9.72. The second-order valence-electron chi connectivity index (χ2n) is 7.50. The third-order valence-corrected chi connectivity index (χ3v) is 5.24. The fourth-order valence-corrected chi connectivity index (χ4v) is 3.80. The summed E-state index contributed by atoms with van der Waals surface area (Å²) in [6, 6.07) is 6.21. The summed E-state index contributed by atoms with van der Waals surface area (Å²) in [5.74, 6) is 1.09. The number of fused-ring (bicyclic) bond motifs is 1. The van der Waals surface area contributed by atoms with Crippen LogP contribution in [0.1, 0.15) is 26.7 Å². The van der Waals surface area contributed by atoms with Crippen molar-refractivity contribution in [2.45, 2.75) is 32.8 Å². The molecular formula is C21H26N4O2. The number of amides is 1. The molecule has 2 heterocycles. The minimum absolute atomic E-state index is 0.0615. The van der Waals surface area contributed by atoms with Gasteiger partial charge in [0, 0.05) is 37.8 Å². The molecule has 1 saturated heterocycles. The standard InChI is InChI=1S/C21H26N4O2/c1-15(2)27-20-18-13-17(7-8-19(18)22-14-23-20)24-9-11-25(12-10-24)21(26)16-5-3-4-6-16/h3-4,7-8,13-16H,5-6,9-12H2,1-2H3. The van der Waals surface area contributed by atoms with Crippen LogP contribution >= 0.6 is 0 Å². The van der Waals surface area contributed by atoms with Gasteiger partial charge in [-0.25, -0.2) is 9.97 Å². The number of carbonyl (C=O) groups is 1. The van der Waals surface area contributed by atoms with E-state index < -0.39 is 0 Å². The number of benzene rings is 1. The van der Waals surface area contributed by atoms with Crippen molar-refractivity contribution in [1.82, 2.24) is 14.9 Å². The average molecular weight is 366 g/mol. The molecular weight excluding hydrogens is 340 g/mol.